The summed E-state index contributed by atoms with van der Waals surface area (Å²) >= 11 is 0. The van der Waals surface area contributed by atoms with Crippen LogP contribution in [0.1, 0.15) is 48.5 Å². The van der Waals surface area contributed by atoms with Crippen molar-refractivity contribution in [3.63, 3.8) is 0 Å². The van der Waals surface area contributed by atoms with E-state index in [1.807, 2.05) is 11.0 Å². The number of carboxylic acid groups (broad SMARTS) is 1. The Kier molecular flexibility index (Phi) is 15.7. The number of aromatic amines is 1. The topological polar surface area (TPSA) is 214 Å². The molecule has 0 aliphatic heterocycles. The smallest absolute Gasteiger partial charge is 0.326 e. The van der Waals surface area contributed by atoms with Crippen molar-refractivity contribution >= 4 is 73.7 Å². The van der Waals surface area contributed by atoms with E-state index in [9.17, 15) is 33.9 Å². The van der Waals surface area contributed by atoms with Gasteiger partial charge in [0.25, 0.3) is 11.5 Å². The van der Waals surface area contributed by atoms with Crippen LogP contribution in [0.4, 0.5) is 11.6 Å². The lowest BCUT2D eigenvalue weighted by molar-refractivity contribution is -0.144. The molecule has 50 heavy (non-hydrogen) atoms. The number of H-pyrrole nitrogens is 1. The summed E-state index contributed by atoms with van der Waals surface area (Å²) in [7, 11) is 4.42. The number of carbonyl (C=O) groups excluding carboxylic acids is 4. The molecular weight excluding hydrogens is 685 g/mol. The summed E-state index contributed by atoms with van der Waals surface area (Å²) in [5, 5.41) is 15.0. The maximum Gasteiger partial charge on any atom is 0.326 e. The molecule has 0 aliphatic rings. The molecule has 0 radical (unpaired) electrons. The van der Waals surface area contributed by atoms with Crippen molar-refractivity contribution in [3.8, 4) is 12.3 Å². The maximum absolute atomic E-state index is 12.9. The molecular formula is C34H40N6O8S2. The van der Waals surface area contributed by atoms with Crippen LogP contribution < -0.4 is 26.8 Å². The fourth-order valence-electron chi connectivity index (χ4n) is 4.77. The zero-order chi connectivity index (χ0) is 36.6. The minimum Gasteiger partial charge on any atom is -0.480 e. The van der Waals surface area contributed by atoms with E-state index in [0.29, 0.717) is 41.1 Å². The molecule has 14 nitrogen and oxygen atoms in total. The largest absolute Gasteiger partial charge is 0.480 e. The third-order valence-electron chi connectivity index (χ3n) is 7.38. The van der Waals surface area contributed by atoms with Crippen molar-refractivity contribution in [2.24, 2.45) is 5.92 Å². The van der Waals surface area contributed by atoms with Gasteiger partial charge in [-0.2, -0.15) is 0 Å². The van der Waals surface area contributed by atoms with E-state index in [1.54, 1.807) is 31.2 Å². The molecule has 0 unspecified atom stereocenters. The van der Waals surface area contributed by atoms with Crippen LogP contribution in [0.2, 0.25) is 0 Å². The first-order chi connectivity index (χ1) is 23.9. The summed E-state index contributed by atoms with van der Waals surface area (Å²) in [4.78, 5) is 81.2. The van der Waals surface area contributed by atoms with Gasteiger partial charge in [-0.25, -0.2) is 9.78 Å². The highest BCUT2D eigenvalue weighted by Gasteiger charge is 2.22. The lowest BCUT2D eigenvalue weighted by Gasteiger charge is -2.23. The first-order valence-corrected chi connectivity index (χ1v) is 18.1. The first kappa shape index (κ1) is 39.4. The number of aromatic nitrogens is 2. The van der Waals surface area contributed by atoms with Gasteiger partial charge in [0.15, 0.2) is 0 Å². The summed E-state index contributed by atoms with van der Waals surface area (Å²) in [6.07, 6.45) is 5.75. The van der Waals surface area contributed by atoms with Gasteiger partial charge in [0.1, 0.15) is 18.4 Å². The fourth-order valence-corrected chi connectivity index (χ4v) is 6.63. The third kappa shape index (κ3) is 12.5. The van der Waals surface area contributed by atoms with Gasteiger partial charge in [-0.15, -0.1) is 6.42 Å². The Morgan fingerprint density at radius 2 is 1.82 bits per heavy atom. The monoisotopic (exact) mass is 724 g/mol. The number of fused-ring (bicyclic) bond motifs is 1. The van der Waals surface area contributed by atoms with Crippen molar-refractivity contribution in [2.75, 3.05) is 42.3 Å². The molecule has 2 atom stereocenters. The number of nitrogens with one attached hydrogen (secondary N) is 3. The number of nitrogen functional groups attached to an aromatic ring is 1. The number of carboxylic acids is 1. The molecule has 0 fully saturated rings. The maximum atomic E-state index is 12.9. The summed E-state index contributed by atoms with van der Waals surface area (Å²) in [5.41, 5.74) is 7.43. The average Bonchev–Trinajstić information content (AvgIpc) is 3.09. The normalized spacial score (nSPS) is 11.9. The average molecular weight is 725 g/mol. The van der Waals surface area contributed by atoms with Gasteiger partial charge in [0, 0.05) is 61.5 Å². The highest BCUT2D eigenvalue weighted by atomic mass is 33.1. The Morgan fingerprint density at radius 3 is 2.50 bits per heavy atom. The number of esters is 1. The number of amides is 2. The number of hydrogen-bond donors (Lipinski definition) is 5. The zero-order valence-corrected chi connectivity index (χ0v) is 29.4. The molecule has 2 amide bonds. The molecule has 266 valence electrons. The number of benzene rings is 2. The molecule has 3 rings (SSSR count). The van der Waals surface area contributed by atoms with E-state index in [2.05, 4.69) is 26.5 Å². The van der Waals surface area contributed by atoms with Crippen LogP contribution in [0, 0.1) is 18.3 Å². The number of ketones is 1. The Bertz CT molecular complexity index is 1780. The number of hydrogen-bond acceptors (Lipinski definition) is 12. The van der Waals surface area contributed by atoms with E-state index < -0.39 is 23.9 Å². The van der Waals surface area contributed by atoms with Gasteiger partial charge in [0.2, 0.25) is 11.9 Å². The van der Waals surface area contributed by atoms with Crippen molar-refractivity contribution < 1.29 is 33.8 Å². The van der Waals surface area contributed by atoms with Gasteiger partial charge < -0.3 is 31.1 Å². The molecule has 2 aromatic carbocycles. The fraction of sp³-hybridized carbons (Fsp3) is 0.382. The predicted octanol–water partition coefficient (Wildman–Crippen LogP) is 2.76. The molecule has 3 aromatic rings. The number of carbonyl (C=O) groups is 5. The number of ether oxygens (including phenoxy) is 1. The van der Waals surface area contributed by atoms with Crippen LogP contribution in [0.15, 0.2) is 47.3 Å². The van der Waals surface area contributed by atoms with Crippen molar-refractivity contribution in [3.05, 3.63) is 63.9 Å². The molecule has 1 aromatic heterocycles. The highest BCUT2D eigenvalue weighted by Crippen LogP contribution is 2.23. The summed E-state index contributed by atoms with van der Waals surface area (Å²) < 4.78 is 5.18. The van der Waals surface area contributed by atoms with Crippen LogP contribution >= 0.6 is 21.6 Å². The van der Waals surface area contributed by atoms with Crippen molar-refractivity contribution in [2.45, 2.75) is 45.2 Å². The Hall–Kier alpha value is -5.01. The number of nitrogens with two attached hydrogens (primary N) is 1. The summed E-state index contributed by atoms with van der Waals surface area (Å²) in [5.74, 6) is 0.614. The highest BCUT2D eigenvalue weighted by molar-refractivity contribution is 8.76. The molecule has 0 saturated heterocycles. The lowest BCUT2D eigenvalue weighted by atomic mass is 10.0. The number of aliphatic carboxylic acids is 1. The summed E-state index contributed by atoms with van der Waals surface area (Å²) in [6, 6.07) is 10.3. The second kappa shape index (κ2) is 19.9. The van der Waals surface area contributed by atoms with Crippen molar-refractivity contribution in [1.82, 2.24) is 20.6 Å². The summed E-state index contributed by atoms with van der Waals surface area (Å²) in [6.45, 7) is 2.40. The van der Waals surface area contributed by atoms with E-state index in [1.165, 1.54) is 40.8 Å². The van der Waals surface area contributed by atoms with Gasteiger partial charge in [-0.05, 0) is 48.4 Å². The van der Waals surface area contributed by atoms with Gasteiger partial charge >= 0.3 is 11.9 Å². The Balaban J connectivity index is 1.43. The molecule has 0 saturated carbocycles. The van der Waals surface area contributed by atoms with Crippen LogP contribution in [0.25, 0.3) is 10.9 Å². The first-order valence-electron chi connectivity index (χ1n) is 15.7. The van der Waals surface area contributed by atoms with E-state index in [0.717, 1.165) is 5.56 Å². The SMILES string of the molecule is C#CCN(Cc1ccc2nc(N)[nH]c(=O)c2c1)c1ccc(C(=O)N[C@@H](CCC(=O)OCCSSCCC(=O)C[C@@H](C)C(=O)NC)C(=O)O)cc1. The number of anilines is 2. The molecule has 0 spiro atoms. The van der Waals surface area contributed by atoms with Crippen molar-refractivity contribution in [1.29, 1.82) is 0 Å². The quantitative estimate of drug-likeness (QED) is 0.0491. The Labute approximate surface area is 297 Å². The minimum atomic E-state index is -1.32. The standard InChI is InChI=1S/C34H40N6O8S2/c1-4-14-40(20-22-5-10-27-26(19-22)32(45)39-34(35)38-27)24-8-6-23(7-9-24)31(44)37-28(33(46)47)11-12-29(42)48-15-17-50-49-16-13-25(41)18-21(2)30(43)36-3/h1,5-10,19,21,28H,11-18,20H2,2-3H3,(H,36,43)(H,37,44)(H,46,47)(H3,35,38,39,45)/t21-,28+/m1/s1. The predicted molar refractivity (Wildman–Crippen MR) is 195 cm³/mol. The second-order valence-electron chi connectivity index (χ2n) is 11.2. The van der Waals surface area contributed by atoms with E-state index >= 15 is 0 Å². The molecule has 0 aliphatic carbocycles. The molecule has 0 bridgehead atoms. The van der Waals surface area contributed by atoms with Crippen LogP contribution in [-0.2, 0) is 30.5 Å². The van der Waals surface area contributed by atoms with E-state index in [-0.39, 0.29) is 67.1 Å². The second-order valence-corrected chi connectivity index (χ2v) is 13.9. The van der Waals surface area contributed by atoms with Gasteiger partial charge in [-0.3, -0.25) is 29.0 Å². The van der Waals surface area contributed by atoms with Crippen LogP contribution in [-0.4, -0.2) is 82.4 Å². The molecule has 1 heterocycles. The van der Waals surface area contributed by atoms with E-state index in [4.69, 9.17) is 16.9 Å². The number of rotatable bonds is 20. The number of terminal acetylenes is 1. The Morgan fingerprint density at radius 1 is 1.10 bits per heavy atom. The third-order valence-corrected chi connectivity index (χ3v) is 9.75. The molecule has 6 N–H and O–H groups in total. The van der Waals surface area contributed by atoms with Crippen LogP contribution in [0.5, 0.6) is 0 Å². The van der Waals surface area contributed by atoms with Gasteiger partial charge in [-0.1, -0.05) is 40.5 Å². The zero-order valence-electron chi connectivity index (χ0n) is 27.7. The number of Topliss-reactive ketones (excluding diaryl/α,β-unsaturated/α-hetero) is 1. The lowest BCUT2D eigenvalue weighted by Crippen LogP contribution is -2.41. The van der Waals surface area contributed by atoms with Crippen LogP contribution in [0.3, 0.4) is 0 Å². The number of nitrogens with zero attached hydrogens (tertiary/aromatic N) is 2. The van der Waals surface area contributed by atoms with Gasteiger partial charge in [0.05, 0.1) is 17.4 Å². The minimum absolute atomic E-state index is 0.00292. The molecule has 16 heteroatoms.